The van der Waals surface area contributed by atoms with Crippen molar-refractivity contribution in [3.63, 3.8) is 0 Å². The van der Waals surface area contributed by atoms with E-state index >= 15 is 0 Å². The van der Waals surface area contributed by atoms with Crippen molar-refractivity contribution in [2.75, 3.05) is 62.2 Å². The zero-order chi connectivity index (χ0) is 33.9. The third-order valence-electron chi connectivity index (χ3n) is 7.61. The molecule has 0 spiro atoms. The van der Waals surface area contributed by atoms with Crippen molar-refractivity contribution in [1.82, 2.24) is 24.6 Å². The first-order valence-corrected chi connectivity index (χ1v) is 18.1. The van der Waals surface area contributed by atoms with Crippen LogP contribution in [0.1, 0.15) is 6.92 Å². The van der Waals surface area contributed by atoms with Gasteiger partial charge in [0.2, 0.25) is 5.95 Å². The minimum Gasteiger partial charge on any atom is -0.494 e. The van der Waals surface area contributed by atoms with E-state index in [0.717, 1.165) is 16.8 Å². The fraction of sp³-hybridized carbons (Fsp3) is 0.290. The van der Waals surface area contributed by atoms with Crippen LogP contribution in [0.3, 0.4) is 0 Å². The maximum absolute atomic E-state index is 13.5. The highest BCUT2D eigenvalue weighted by molar-refractivity contribution is 9.10. The van der Waals surface area contributed by atoms with Gasteiger partial charge >= 0.3 is 6.03 Å². The zero-order valence-corrected chi connectivity index (χ0v) is 29.3. The van der Waals surface area contributed by atoms with Crippen molar-refractivity contribution in [2.45, 2.75) is 6.92 Å². The number of rotatable bonds is 10. The summed E-state index contributed by atoms with van der Waals surface area (Å²) < 4.78 is 21.7. The second kappa shape index (κ2) is 13.9. The number of aliphatic imine (C=N–C) groups is 2. The highest BCUT2D eigenvalue weighted by Gasteiger charge is 2.26. The van der Waals surface area contributed by atoms with Gasteiger partial charge in [-0.3, -0.25) is 14.7 Å². The van der Waals surface area contributed by atoms with Gasteiger partial charge in [-0.15, -0.1) is 0 Å². The number of amides is 2. The highest BCUT2D eigenvalue weighted by Crippen LogP contribution is 2.46. The molecule has 1 aliphatic rings. The lowest BCUT2D eigenvalue weighted by atomic mass is 10.0. The van der Waals surface area contributed by atoms with E-state index in [0.29, 0.717) is 76.2 Å². The van der Waals surface area contributed by atoms with Gasteiger partial charge < -0.3 is 35.5 Å². The summed E-state index contributed by atoms with van der Waals surface area (Å²) in [5, 5.41) is 11.6. The average molecular weight is 723 g/mol. The van der Waals surface area contributed by atoms with E-state index in [-0.39, 0.29) is 0 Å². The lowest BCUT2D eigenvalue weighted by Crippen LogP contribution is -2.50. The summed E-state index contributed by atoms with van der Waals surface area (Å²) >= 11 is 3.55. The first-order chi connectivity index (χ1) is 22.4. The minimum absolute atomic E-state index is 0.294. The summed E-state index contributed by atoms with van der Waals surface area (Å²) in [7, 11) is 0.620. The normalized spacial score (nSPS) is 13.6. The number of urea groups is 1. The number of aryl methyl sites for hydroxylation is 1. The van der Waals surface area contributed by atoms with E-state index in [1.807, 2.05) is 25.4 Å². The fourth-order valence-electron chi connectivity index (χ4n) is 5.42. The smallest absolute Gasteiger partial charge is 0.314 e. The Hall–Kier alpha value is -4.75. The average Bonchev–Trinajstić information content (AvgIpc) is 3.48. The van der Waals surface area contributed by atoms with Crippen LogP contribution in [0.15, 0.2) is 57.3 Å². The van der Waals surface area contributed by atoms with Gasteiger partial charge in [0.15, 0.2) is 0 Å². The molecule has 1 fully saturated rings. The molecule has 0 saturated carbocycles. The van der Waals surface area contributed by atoms with E-state index in [2.05, 4.69) is 58.2 Å². The van der Waals surface area contributed by atoms with Crippen LogP contribution in [-0.2, 0) is 11.6 Å². The van der Waals surface area contributed by atoms with Gasteiger partial charge in [-0.25, -0.2) is 9.78 Å². The quantitative estimate of drug-likeness (QED) is 0.139. The molecule has 2 aromatic carbocycles. The third kappa shape index (κ3) is 7.31. The number of halogens is 1. The molecular weight excluding hydrogens is 685 g/mol. The number of carbonyl (C=O) groups is 1. The van der Waals surface area contributed by atoms with Crippen molar-refractivity contribution in [2.24, 2.45) is 22.8 Å². The van der Waals surface area contributed by atoms with Gasteiger partial charge in [0.25, 0.3) is 0 Å². The molecule has 1 aliphatic heterocycles. The van der Waals surface area contributed by atoms with Crippen molar-refractivity contribution in [3.05, 3.63) is 47.3 Å². The Labute approximate surface area is 281 Å². The number of hydrogen-bond acceptors (Lipinski definition) is 11. The van der Waals surface area contributed by atoms with Gasteiger partial charge in [-0.05, 0) is 61.1 Å². The predicted molar refractivity (Wildman–Crippen MR) is 193 cm³/mol. The predicted octanol–water partition coefficient (Wildman–Crippen LogP) is 5.64. The first-order valence-electron chi connectivity index (χ1n) is 14.7. The second-order valence-corrected chi connectivity index (χ2v) is 15.2. The molecule has 0 atom stereocenters. The lowest BCUT2D eigenvalue weighted by molar-refractivity contribution is 0.204. The maximum Gasteiger partial charge on any atom is 0.314 e. The topological polar surface area (TPSA) is 168 Å². The van der Waals surface area contributed by atoms with Crippen LogP contribution in [0, 0.1) is 0 Å². The largest absolute Gasteiger partial charge is 0.494 e. The number of aromatic nitrogens is 4. The molecule has 2 amide bonds. The number of methoxy groups -OCH3 is 1. The fourth-order valence-corrected chi connectivity index (χ4v) is 7.10. The van der Waals surface area contributed by atoms with Crippen LogP contribution < -0.4 is 31.3 Å². The Kier molecular flexibility index (Phi) is 9.96. The number of anilines is 5. The van der Waals surface area contributed by atoms with E-state index in [4.69, 9.17) is 15.5 Å². The molecule has 14 nitrogen and oxygen atoms in total. The number of hydrogen-bond donors (Lipinski definition) is 3. The monoisotopic (exact) mass is 721 g/mol. The number of piperazine rings is 1. The molecule has 3 heterocycles. The number of ether oxygens (including phenoxy) is 1. The number of nitrogens with one attached hydrogen (secondary N) is 2. The highest BCUT2D eigenvalue weighted by atomic mass is 79.9. The first kappa shape index (κ1) is 33.6. The van der Waals surface area contributed by atoms with E-state index in [1.54, 1.807) is 67.7 Å². The van der Waals surface area contributed by atoms with Crippen molar-refractivity contribution < 1.29 is 14.1 Å². The zero-order valence-electron chi connectivity index (χ0n) is 26.9. The number of benzene rings is 2. The minimum atomic E-state index is -2.84. The summed E-state index contributed by atoms with van der Waals surface area (Å²) in [5.74, 6) is 1.31. The second-order valence-electron chi connectivity index (χ2n) is 11.2. The molecule has 0 radical (unpaired) electrons. The molecule has 0 bridgehead atoms. The Bertz CT molecular complexity index is 1900. The Morgan fingerprint density at radius 2 is 1.89 bits per heavy atom. The maximum atomic E-state index is 13.5. The molecule has 0 unspecified atom stereocenters. The molecule has 16 heteroatoms. The summed E-state index contributed by atoms with van der Waals surface area (Å²) in [6.07, 6.45) is 7.00. The van der Waals surface area contributed by atoms with Gasteiger partial charge in [0.1, 0.15) is 24.4 Å². The van der Waals surface area contributed by atoms with Crippen LogP contribution in [0.2, 0.25) is 0 Å². The SMILES string of the molecule is C=Nc1ccc(Nc2nc(Nc3cc(-c4cnn(C)c4)c(N4CCN(C(N)=O)CC4)cc3OC)ncc2Br)c(P(C)(C)=O)c1N=CC. The number of nitrogens with zero attached hydrogens (tertiary/aromatic N) is 8. The standard InChI is InChI=1S/C31H37BrN11O3P/c1-7-35-27-22(34-2)8-9-23(28(27)47(5,6)45)38-29-21(32)17-36-31(40-29)39-24-14-20(19-16-37-41(3)18-19)25(15-26(24)46-4)42-10-12-43(13-11-42)30(33)44/h7-9,14-18H,2,10-13H2,1,3-6H3,(H2,33,44)(H2,36,38,39,40). The van der Waals surface area contributed by atoms with Gasteiger partial charge in [0, 0.05) is 74.7 Å². The van der Waals surface area contributed by atoms with Gasteiger partial charge in [0.05, 0.1) is 40.1 Å². The molecule has 2 aromatic heterocycles. The van der Waals surface area contributed by atoms with Crippen molar-refractivity contribution in [1.29, 1.82) is 0 Å². The number of primary amides is 1. The molecule has 246 valence electrons. The van der Waals surface area contributed by atoms with Crippen LogP contribution >= 0.6 is 23.1 Å². The van der Waals surface area contributed by atoms with E-state index < -0.39 is 13.2 Å². The molecule has 47 heavy (non-hydrogen) atoms. The molecule has 5 rings (SSSR count). The van der Waals surface area contributed by atoms with Crippen LogP contribution in [0.5, 0.6) is 5.75 Å². The molecule has 4 N–H and O–H groups in total. The van der Waals surface area contributed by atoms with Gasteiger partial charge in [-0.1, -0.05) is 0 Å². The molecular formula is C31H37BrN11O3P. The Morgan fingerprint density at radius 1 is 1.15 bits per heavy atom. The van der Waals surface area contributed by atoms with Crippen LogP contribution in [-0.4, -0.2) is 90.2 Å². The molecule has 1 saturated heterocycles. The summed E-state index contributed by atoms with van der Waals surface area (Å²) in [6.45, 7) is 11.1. The lowest BCUT2D eigenvalue weighted by Gasteiger charge is -2.36. The Balaban J connectivity index is 1.53. The van der Waals surface area contributed by atoms with Crippen molar-refractivity contribution in [3.8, 4) is 16.9 Å². The van der Waals surface area contributed by atoms with Crippen LogP contribution in [0.25, 0.3) is 11.1 Å². The summed E-state index contributed by atoms with van der Waals surface area (Å²) in [5.41, 5.74) is 10.5. The summed E-state index contributed by atoms with van der Waals surface area (Å²) in [6, 6.07) is 7.07. The number of carbonyl (C=O) groups excluding carboxylic acids is 1. The number of nitrogens with two attached hydrogens (primary N) is 1. The summed E-state index contributed by atoms with van der Waals surface area (Å²) in [4.78, 5) is 33.4. The van der Waals surface area contributed by atoms with E-state index in [9.17, 15) is 9.36 Å². The van der Waals surface area contributed by atoms with Crippen molar-refractivity contribution >= 4 is 87.5 Å². The van der Waals surface area contributed by atoms with Gasteiger partial charge in [-0.2, -0.15) is 10.1 Å². The van der Waals surface area contributed by atoms with Crippen LogP contribution in [0.4, 0.5) is 45.0 Å². The molecule has 0 aliphatic carbocycles. The third-order valence-corrected chi connectivity index (χ3v) is 9.72. The van der Waals surface area contributed by atoms with E-state index in [1.165, 1.54) is 0 Å². The molecule has 4 aromatic rings. The Morgan fingerprint density at radius 3 is 2.49 bits per heavy atom.